The number of carbonyl (C=O) groups is 2. The van der Waals surface area contributed by atoms with Crippen LogP contribution in [0.1, 0.15) is 26.7 Å². The molecule has 122 valence electrons. The Morgan fingerprint density at radius 2 is 1.90 bits per heavy atom. The maximum absolute atomic E-state index is 12.2. The van der Waals surface area contributed by atoms with Gasteiger partial charge in [0.2, 0.25) is 11.8 Å². The highest BCUT2D eigenvalue weighted by atomic mass is 35.5. The molecule has 1 unspecified atom stereocenters. The lowest BCUT2D eigenvalue weighted by atomic mass is 10.2. The van der Waals surface area contributed by atoms with Crippen LogP contribution in [0, 0.1) is 0 Å². The first-order valence-electron chi connectivity index (χ1n) is 7.60. The summed E-state index contributed by atoms with van der Waals surface area (Å²) in [7, 11) is 0. The van der Waals surface area contributed by atoms with Crippen molar-refractivity contribution < 1.29 is 9.59 Å². The molecule has 0 radical (unpaired) electrons. The molecular weight excluding hydrogens is 292 g/mol. The van der Waals surface area contributed by atoms with Crippen molar-refractivity contribution in [3.8, 4) is 0 Å². The second-order valence-corrected chi connectivity index (χ2v) is 5.97. The Kier molecular flexibility index (Phi) is 7.42. The molecule has 2 rings (SSSR count). The molecule has 0 aromatic heterocycles. The largest absolute Gasteiger partial charge is 0.353 e. The maximum Gasteiger partial charge on any atom is 0.239 e. The second-order valence-electron chi connectivity index (χ2n) is 5.97. The van der Waals surface area contributed by atoms with Gasteiger partial charge in [-0.25, -0.2) is 0 Å². The lowest BCUT2D eigenvalue weighted by molar-refractivity contribution is -0.135. The minimum absolute atomic E-state index is 0. The molecule has 2 N–H and O–H groups in total. The number of halogens is 1. The van der Waals surface area contributed by atoms with Gasteiger partial charge in [-0.1, -0.05) is 0 Å². The van der Waals surface area contributed by atoms with Crippen LogP contribution < -0.4 is 10.6 Å². The lowest BCUT2D eigenvalue weighted by Crippen LogP contribution is -2.54. The zero-order valence-electron chi connectivity index (χ0n) is 12.9. The van der Waals surface area contributed by atoms with E-state index in [0.717, 1.165) is 45.6 Å². The van der Waals surface area contributed by atoms with Crippen molar-refractivity contribution in [1.82, 2.24) is 20.4 Å². The number of amides is 2. The first-order chi connectivity index (χ1) is 9.56. The average Bonchev–Trinajstić information content (AvgIpc) is 2.91. The van der Waals surface area contributed by atoms with Crippen molar-refractivity contribution in [2.24, 2.45) is 0 Å². The van der Waals surface area contributed by atoms with Gasteiger partial charge in [-0.2, -0.15) is 0 Å². The minimum atomic E-state index is 0. The molecule has 2 amide bonds. The van der Waals surface area contributed by atoms with E-state index in [2.05, 4.69) is 15.5 Å². The van der Waals surface area contributed by atoms with Crippen molar-refractivity contribution >= 4 is 24.2 Å². The van der Waals surface area contributed by atoms with Gasteiger partial charge in [0.25, 0.3) is 0 Å². The summed E-state index contributed by atoms with van der Waals surface area (Å²) in [5.41, 5.74) is 0. The summed E-state index contributed by atoms with van der Waals surface area (Å²) in [6.07, 6.45) is 2.04. The van der Waals surface area contributed by atoms with Crippen LogP contribution in [0.2, 0.25) is 0 Å². The Bertz CT molecular complexity index is 351. The Hall–Kier alpha value is -0.850. The van der Waals surface area contributed by atoms with E-state index in [1.54, 1.807) is 0 Å². The summed E-state index contributed by atoms with van der Waals surface area (Å²) in [4.78, 5) is 28.0. The van der Waals surface area contributed by atoms with Gasteiger partial charge in [0.15, 0.2) is 0 Å². The van der Waals surface area contributed by atoms with Crippen LogP contribution in [0.15, 0.2) is 0 Å². The van der Waals surface area contributed by atoms with E-state index >= 15 is 0 Å². The second kappa shape index (κ2) is 8.56. The molecule has 1 atom stereocenters. The number of rotatable bonds is 4. The molecule has 0 bridgehead atoms. The van der Waals surface area contributed by atoms with Crippen LogP contribution in [0.25, 0.3) is 0 Å². The van der Waals surface area contributed by atoms with Gasteiger partial charge in [-0.05, 0) is 33.2 Å². The predicted octanol–water partition coefficient (Wildman–Crippen LogP) is -0.171. The van der Waals surface area contributed by atoms with E-state index in [4.69, 9.17) is 0 Å². The number of carbonyl (C=O) groups excluding carboxylic acids is 2. The molecule has 0 aromatic rings. The predicted molar refractivity (Wildman–Crippen MR) is 84.6 cm³/mol. The van der Waals surface area contributed by atoms with Gasteiger partial charge in [-0.3, -0.25) is 14.5 Å². The Labute approximate surface area is 133 Å². The third-order valence-corrected chi connectivity index (χ3v) is 3.86. The van der Waals surface area contributed by atoms with Crippen molar-refractivity contribution in [1.29, 1.82) is 0 Å². The zero-order valence-corrected chi connectivity index (χ0v) is 13.7. The summed E-state index contributed by atoms with van der Waals surface area (Å²) in [5.74, 6) is 0.297. The van der Waals surface area contributed by atoms with Crippen LogP contribution in [-0.4, -0.2) is 73.0 Å². The van der Waals surface area contributed by atoms with Crippen LogP contribution >= 0.6 is 12.4 Å². The fraction of sp³-hybridized carbons (Fsp3) is 0.857. The van der Waals surface area contributed by atoms with E-state index < -0.39 is 0 Å². The normalized spacial score (nSPS) is 23.0. The number of nitrogens with zero attached hydrogens (tertiary/aromatic N) is 2. The van der Waals surface area contributed by atoms with Crippen LogP contribution in [-0.2, 0) is 9.59 Å². The number of nitrogens with one attached hydrogen (secondary N) is 2. The molecule has 2 fully saturated rings. The van der Waals surface area contributed by atoms with E-state index in [1.807, 2.05) is 18.7 Å². The van der Waals surface area contributed by atoms with Crippen LogP contribution in [0.5, 0.6) is 0 Å². The van der Waals surface area contributed by atoms with Gasteiger partial charge < -0.3 is 15.5 Å². The third kappa shape index (κ3) is 5.45. The van der Waals surface area contributed by atoms with Crippen molar-refractivity contribution in [2.75, 3.05) is 39.3 Å². The van der Waals surface area contributed by atoms with Gasteiger partial charge in [-0.15, -0.1) is 12.4 Å². The van der Waals surface area contributed by atoms with Crippen LogP contribution in [0.4, 0.5) is 0 Å². The Morgan fingerprint density at radius 3 is 2.43 bits per heavy atom. The highest BCUT2D eigenvalue weighted by Gasteiger charge is 2.29. The first-order valence-corrected chi connectivity index (χ1v) is 7.60. The zero-order chi connectivity index (χ0) is 14.5. The molecule has 2 heterocycles. The molecule has 21 heavy (non-hydrogen) atoms. The summed E-state index contributed by atoms with van der Waals surface area (Å²) >= 11 is 0. The fourth-order valence-corrected chi connectivity index (χ4v) is 2.81. The third-order valence-electron chi connectivity index (χ3n) is 3.86. The summed E-state index contributed by atoms with van der Waals surface area (Å²) in [6.45, 7) is 8.33. The molecule has 0 aliphatic carbocycles. The quantitative estimate of drug-likeness (QED) is 0.755. The summed E-state index contributed by atoms with van der Waals surface area (Å²) in [5, 5.41) is 6.15. The molecule has 2 aliphatic rings. The molecule has 0 saturated carbocycles. The van der Waals surface area contributed by atoms with Crippen molar-refractivity contribution in [3.63, 3.8) is 0 Å². The van der Waals surface area contributed by atoms with E-state index in [0.29, 0.717) is 6.54 Å². The smallest absolute Gasteiger partial charge is 0.239 e. The summed E-state index contributed by atoms with van der Waals surface area (Å²) in [6, 6.07) is 0.199. The Balaban J connectivity index is 0.00000220. The highest BCUT2D eigenvalue weighted by Crippen LogP contribution is 2.10. The molecule has 6 nitrogen and oxygen atoms in total. The van der Waals surface area contributed by atoms with Crippen LogP contribution in [0.3, 0.4) is 0 Å². The van der Waals surface area contributed by atoms with E-state index in [9.17, 15) is 9.59 Å². The molecule has 7 heteroatoms. The van der Waals surface area contributed by atoms with Gasteiger partial charge in [0.05, 0.1) is 12.6 Å². The van der Waals surface area contributed by atoms with Gasteiger partial charge in [0.1, 0.15) is 0 Å². The fourth-order valence-electron chi connectivity index (χ4n) is 2.81. The number of piperazine rings is 1. The summed E-state index contributed by atoms with van der Waals surface area (Å²) < 4.78 is 0. The molecule has 0 aromatic carbocycles. The Morgan fingerprint density at radius 1 is 1.24 bits per heavy atom. The van der Waals surface area contributed by atoms with Gasteiger partial charge >= 0.3 is 0 Å². The molecule has 2 saturated heterocycles. The number of hydrogen-bond donors (Lipinski definition) is 2. The van der Waals surface area contributed by atoms with Gasteiger partial charge in [0, 0.05) is 32.2 Å². The SMILES string of the molecule is CC(C)NC(=O)CN1CCN(C(=O)C2CCCN2)CC1.Cl. The van der Waals surface area contributed by atoms with Crippen molar-refractivity contribution in [3.05, 3.63) is 0 Å². The van der Waals surface area contributed by atoms with E-state index in [1.165, 1.54) is 0 Å². The molecule has 2 aliphatic heterocycles. The standard InChI is InChI=1S/C14H26N4O2.ClH/c1-11(2)16-13(19)10-17-6-8-18(9-7-17)14(20)12-4-3-5-15-12;/h11-12,15H,3-10H2,1-2H3,(H,16,19);1H. The molecular formula is C14H27ClN4O2. The highest BCUT2D eigenvalue weighted by molar-refractivity contribution is 5.85. The molecule has 0 spiro atoms. The topological polar surface area (TPSA) is 64.7 Å². The lowest BCUT2D eigenvalue weighted by Gasteiger charge is -2.35. The average molecular weight is 319 g/mol. The maximum atomic E-state index is 12.2. The number of hydrogen-bond acceptors (Lipinski definition) is 4. The minimum Gasteiger partial charge on any atom is -0.353 e. The van der Waals surface area contributed by atoms with E-state index in [-0.39, 0.29) is 36.3 Å². The monoisotopic (exact) mass is 318 g/mol. The first kappa shape index (κ1) is 18.2. The van der Waals surface area contributed by atoms with Crippen molar-refractivity contribution in [2.45, 2.75) is 38.8 Å².